The van der Waals surface area contributed by atoms with Crippen LogP contribution >= 0.6 is 0 Å². The summed E-state index contributed by atoms with van der Waals surface area (Å²) in [5.74, 6) is -0.537. The van der Waals surface area contributed by atoms with Crippen LogP contribution in [0.25, 0.3) is 0 Å². The second kappa shape index (κ2) is 7.09. The molecule has 1 rings (SSSR count). The molecular formula is C17H30O4Si. The molecule has 0 saturated heterocycles. The van der Waals surface area contributed by atoms with Crippen molar-refractivity contribution in [2.24, 2.45) is 5.92 Å². The topological polar surface area (TPSA) is 52.6 Å². The third-order valence-corrected chi connectivity index (χ3v) is 9.50. The standard InChI is InChI=1S/C17H30O4Si/c1-12-8-9-15(21-22(6,7)17(2,3)4)14(12)10-13(18)11-16(19)20-5/h14-15H,1,8-11H2,2-7H3/t14-,15+/m1/s1. The van der Waals surface area contributed by atoms with E-state index in [9.17, 15) is 9.59 Å². The van der Waals surface area contributed by atoms with Crippen LogP contribution in [0.5, 0.6) is 0 Å². The van der Waals surface area contributed by atoms with Crippen molar-refractivity contribution in [1.82, 2.24) is 0 Å². The average Bonchev–Trinajstić information content (AvgIpc) is 2.69. The minimum atomic E-state index is -1.88. The quantitative estimate of drug-likeness (QED) is 0.322. The molecule has 0 N–H and O–H groups in total. The molecule has 126 valence electrons. The van der Waals surface area contributed by atoms with Gasteiger partial charge in [-0.25, -0.2) is 0 Å². The van der Waals surface area contributed by atoms with Gasteiger partial charge in [-0.3, -0.25) is 9.59 Å². The number of rotatable bonds is 6. The summed E-state index contributed by atoms with van der Waals surface area (Å²) in [4.78, 5) is 23.3. The minimum Gasteiger partial charge on any atom is -0.469 e. The lowest BCUT2D eigenvalue weighted by atomic mass is 9.95. The molecule has 0 unspecified atom stereocenters. The number of carbonyl (C=O) groups excluding carboxylic acids is 2. The zero-order chi connectivity index (χ0) is 17.1. The summed E-state index contributed by atoms with van der Waals surface area (Å²) in [6.45, 7) is 15.2. The number of hydrogen-bond acceptors (Lipinski definition) is 4. The molecule has 4 nitrogen and oxygen atoms in total. The first-order valence-corrected chi connectivity index (χ1v) is 10.8. The molecule has 0 aromatic rings. The van der Waals surface area contributed by atoms with Crippen molar-refractivity contribution >= 4 is 20.1 Å². The molecule has 1 fully saturated rings. The highest BCUT2D eigenvalue weighted by molar-refractivity contribution is 6.74. The summed E-state index contributed by atoms with van der Waals surface area (Å²) in [7, 11) is -0.576. The van der Waals surface area contributed by atoms with Crippen molar-refractivity contribution in [2.75, 3.05) is 7.11 Å². The second-order valence-electron chi connectivity index (χ2n) is 7.72. The Morgan fingerprint density at radius 1 is 1.32 bits per heavy atom. The number of ketones is 1. The van der Waals surface area contributed by atoms with Crippen molar-refractivity contribution in [3.8, 4) is 0 Å². The zero-order valence-corrected chi connectivity index (χ0v) is 15.8. The maximum atomic E-state index is 12.0. The van der Waals surface area contributed by atoms with E-state index in [4.69, 9.17) is 4.43 Å². The fraction of sp³-hybridized carbons (Fsp3) is 0.765. The molecule has 22 heavy (non-hydrogen) atoms. The predicted octanol–water partition coefficient (Wildman–Crippen LogP) is 3.87. The summed E-state index contributed by atoms with van der Waals surface area (Å²) in [5, 5.41) is 0.136. The third kappa shape index (κ3) is 4.78. The Balaban J connectivity index is 2.73. The lowest BCUT2D eigenvalue weighted by Crippen LogP contribution is -2.45. The zero-order valence-electron chi connectivity index (χ0n) is 14.8. The van der Waals surface area contributed by atoms with Gasteiger partial charge in [-0.2, -0.15) is 0 Å². The first kappa shape index (κ1) is 19.1. The Bertz CT molecular complexity index is 448. The number of Topliss-reactive ketones (excluding diaryl/α,β-unsaturated/α-hetero) is 1. The Kier molecular flexibility index (Phi) is 6.16. The van der Waals surface area contributed by atoms with E-state index in [2.05, 4.69) is 45.2 Å². The van der Waals surface area contributed by atoms with Gasteiger partial charge in [-0.1, -0.05) is 32.9 Å². The van der Waals surface area contributed by atoms with Crippen LogP contribution < -0.4 is 0 Å². The molecule has 0 bridgehead atoms. The normalized spacial score (nSPS) is 22.7. The lowest BCUT2D eigenvalue weighted by molar-refractivity contribution is -0.143. The molecule has 1 aliphatic rings. The molecule has 0 spiro atoms. The lowest BCUT2D eigenvalue weighted by Gasteiger charge is -2.39. The van der Waals surface area contributed by atoms with Gasteiger partial charge in [0.05, 0.1) is 13.2 Å². The molecule has 0 radical (unpaired) electrons. The van der Waals surface area contributed by atoms with Gasteiger partial charge in [0, 0.05) is 12.3 Å². The fourth-order valence-electron chi connectivity index (χ4n) is 2.50. The smallest absolute Gasteiger partial charge is 0.313 e. The maximum absolute atomic E-state index is 12.0. The highest BCUT2D eigenvalue weighted by Crippen LogP contribution is 2.42. The molecule has 2 atom stereocenters. The highest BCUT2D eigenvalue weighted by atomic mass is 28.4. The van der Waals surface area contributed by atoms with E-state index < -0.39 is 14.3 Å². The number of carbonyl (C=O) groups is 2. The maximum Gasteiger partial charge on any atom is 0.313 e. The molecular weight excluding hydrogens is 296 g/mol. The Morgan fingerprint density at radius 3 is 2.41 bits per heavy atom. The van der Waals surface area contributed by atoms with Crippen molar-refractivity contribution in [2.45, 2.75) is 70.7 Å². The Labute approximate surface area is 135 Å². The number of methoxy groups -OCH3 is 1. The minimum absolute atomic E-state index is 0.0336. The SMILES string of the molecule is C=C1CC[C@H](O[Si](C)(C)C(C)(C)C)[C@@H]1CC(=O)CC(=O)OC. The molecule has 5 heteroatoms. The van der Waals surface area contributed by atoms with Gasteiger partial charge in [0.25, 0.3) is 0 Å². The molecule has 1 saturated carbocycles. The van der Waals surface area contributed by atoms with E-state index in [1.807, 2.05) is 0 Å². The average molecular weight is 327 g/mol. The number of hydrogen-bond donors (Lipinski definition) is 0. The largest absolute Gasteiger partial charge is 0.469 e. The molecule has 0 heterocycles. The van der Waals surface area contributed by atoms with Crippen LogP contribution in [-0.2, 0) is 18.8 Å². The molecule has 0 aromatic carbocycles. The summed E-state index contributed by atoms with van der Waals surface area (Å²) in [6, 6.07) is 0. The summed E-state index contributed by atoms with van der Waals surface area (Å²) in [6.07, 6.45) is 2.03. The van der Waals surface area contributed by atoms with Crippen LogP contribution in [0.3, 0.4) is 0 Å². The van der Waals surface area contributed by atoms with E-state index in [-0.39, 0.29) is 29.3 Å². The van der Waals surface area contributed by atoms with Crippen molar-refractivity contribution in [1.29, 1.82) is 0 Å². The molecule has 1 aliphatic carbocycles. The Morgan fingerprint density at radius 2 is 1.91 bits per heavy atom. The van der Waals surface area contributed by atoms with Crippen molar-refractivity contribution < 1.29 is 18.8 Å². The van der Waals surface area contributed by atoms with Gasteiger partial charge >= 0.3 is 5.97 Å². The van der Waals surface area contributed by atoms with Gasteiger partial charge < -0.3 is 9.16 Å². The molecule has 0 aliphatic heterocycles. The van der Waals surface area contributed by atoms with E-state index in [0.29, 0.717) is 6.42 Å². The molecule has 0 amide bonds. The second-order valence-corrected chi connectivity index (χ2v) is 12.5. The molecule has 0 aromatic heterocycles. The number of ether oxygens (including phenoxy) is 1. The summed E-state index contributed by atoms with van der Waals surface area (Å²) < 4.78 is 11.0. The van der Waals surface area contributed by atoms with Crippen LogP contribution in [0.4, 0.5) is 0 Å². The van der Waals surface area contributed by atoms with Crippen molar-refractivity contribution in [3.63, 3.8) is 0 Å². The van der Waals surface area contributed by atoms with E-state index in [0.717, 1.165) is 18.4 Å². The van der Waals surface area contributed by atoms with Crippen LogP contribution in [0.15, 0.2) is 12.2 Å². The third-order valence-electron chi connectivity index (χ3n) is 4.99. The first-order valence-electron chi connectivity index (χ1n) is 7.92. The van der Waals surface area contributed by atoms with Gasteiger partial charge in [0.15, 0.2) is 8.32 Å². The fourth-order valence-corrected chi connectivity index (χ4v) is 3.89. The van der Waals surface area contributed by atoms with Crippen LogP contribution in [0.2, 0.25) is 18.1 Å². The van der Waals surface area contributed by atoms with Gasteiger partial charge in [-0.05, 0) is 31.0 Å². The summed E-state index contributed by atoms with van der Waals surface area (Å²) >= 11 is 0. The number of esters is 1. The van der Waals surface area contributed by atoms with E-state index in [1.165, 1.54) is 7.11 Å². The van der Waals surface area contributed by atoms with Gasteiger partial charge in [0.1, 0.15) is 12.2 Å². The van der Waals surface area contributed by atoms with Gasteiger partial charge in [-0.15, -0.1) is 0 Å². The summed E-state index contributed by atoms with van der Waals surface area (Å²) in [5.41, 5.74) is 1.07. The monoisotopic (exact) mass is 326 g/mol. The van der Waals surface area contributed by atoms with Gasteiger partial charge in [0.2, 0.25) is 0 Å². The van der Waals surface area contributed by atoms with E-state index in [1.54, 1.807) is 0 Å². The highest BCUT2D eigenvalue weighted by Gasteiger charge is 2.43. The van der Waals surface area contributed by atoms with Crippen LogP contribution in [0.1, 0.15) is 46.5 Å². The van der Waals surface area contributed by atoms with Crippen LogP contribution in [0, 0.1) is 5.92 Å². The Hall–Kier alpha value is -0.943. The van der Waals surface area contributed by atoms with E-state index >= 15 is 0 Å². The van der Waals surface area contributed by atoms with Crippen LogP contribution in [-0.4, -0.2) is 33.3 Å². The predicted molar refractivity (Wildman–Crippen MR) is 90.2 cm³/mol. The van der Waals surface area contributed by atoms with Crippen molar-refractivity contribution in [3.05, 3.63) is 12.2 Å². The first-order chi connectivity index (χ1) is 9.98.